The minimum absolute atomic E-state index is 0.0437. The van der Waals surface area contributed by atoms with Crippen molar-refractivity contribution in [2.24, 2.45) is 4.99 Å². The van der Waals surface area contributed by atoms with E-state index < -0.39 is 47.5 Å². The molecular weight excluding hydrogens is 508 g/mol. The van der Waals surface area contributed by atoms with Gasteiger partial charge in [-0.1, -0.05) is 13.8 Å². The fourth-order valence-electron chi connectivity index (χ4n) is 3.74. The summed E-state index contributed by atoms with van der Waals surface area (Å²) in [7, 11) is 0. The van der Waals surface area contributed by atoms with Gasteiger partial charge in [0.2, 0.25) is 11.9 Å². The van der Waals surface area contributed by atoms with E-state index >= 15 is 0 Å². The quantitative estimate of drug-likeness (QED) is 0.178. The third kappa shape index (κ3) is 13.0. The molecule has 3 atom stereocenters. The minimum atomic E-state index is -0.866. The molecule has 3 amide bonds. The Bertz CT molecular complexity index is 897. The first-order valence-corrected chi connectivity index (χ1v) is 13.4. The van der Waals surface area contributed by atoms with Crippen molar-refractivity contribution in [2.75, 3.05) is 6.61 Å². The smallest absolute Gasteiger partial charge is 0.414 e. The second-order valence-electron chi connectivity index (χ2n) is 11.2. The summed E-state index contributed by atoms with van der Waals surface area (Å²) in [4.78, 5) is 54.7. The highest BCUT2D eigenvalue weighted by Crippen LogP contribution is 2.27. The number of ether oxygens (including phenoxy) is 4. The molecule has 0 aromatic heterocycles. The number of nitrogens with zero attached hydrogens (tertiary/aromatic N) is 1. The highest BCUT2D eigenvalue weighted by atomic mass is 16.6. The van der Waals surface area contributed by atoms with E-state index in [4.69, 9.17) is 18.9 Å². The zero-order valence-corrected chi connectivity index (χ0v) is 24.9. The molecule has 0 bridgehead atoms. The molecule has 0 aromatic rings. The highest BCUT2D eigenvalue weighted by molar-refractivity contribution is 6.01. The monoisotopic (exact) mass is 554 g/mol. The van der Waals surface area contributed by atoms with Crippen LogP contribution in [0.2, 0.25) is 0 Å². The molecule has 39 heavy (non-hydrogen) atoms. The largest absolute Gasteiger partial charge is 0.463 e. The summed E-state index contributed by atoms with van der Waals surface area (Å²) < 4.78 is 22.1. The van der Waals surface area contributed by atoms with Crippen molar-refractivity contribution in [3.8, 4) is 0 Å². The van der Waals surface area contributed by atoms with Gasteiger partial charge in [0.15, 0.2) is 0 Å². The first-order valence-electron chi connectivity index (χ1n) is 13.4. The number of carbonyl (C=O) groups excluding carboxylic acids is 4. The fraction of sp³-hybridized carbons (Fsp3) is 0.741. The molecule has 12 heteroatoms. The van der Waals surface area contributed by atoms with Crippen molar-refractivity contribution >= 4 is 30.0 Å². The Hall–Kier alpha value is -3.15. The van der Waals surface area contributed by atoms with Gasteiger partial charge in [0.05, 0.1) is 30.9 Å². The number of esters is 1. The Balaban J connectivity index is 3.56. The molecule has 0 saturated carbocycles. The van der Waals surface area contributed by atoms with Gasteiger partial charge in [0, 0.05) is 18.9 Å². The predicted octanol–water partition coefficient (Wildman–Crippen LogP) is 3.73. The van der Waals surface area contributed by atoms with Crippen LogP contribution in [0.25, 0.3) is 0 Å². The van der Waals surface area contributed by atoms with Crippen LogP contribution in [0.1, 0.15) is 88.5 Å². The molecule has 1 rings (SSSR count). The van der Waals surface area contributed by atoms with Crippen LogP contribution in [0, 0.1) is 0 Å². The number of hydrogen-bond donors (Lipinski definition) is 3. The van der Waals surface area contributed by atoms with E-state index in [1.807, 2.05) is 13.8 Å². The lowest BCUT2D eigenvalue weighted by Crippen LogP contribution is -2.55. The van der Waals surface area contributed by atoms with Gasteiger partial charge in [-0.3, -0.25) is 15.4 Å². The zero-order valence-electron chi connectivity index (χ0n) is 24.9. The number of hydrogen-bond acceptors (Lipinski definition) is 9. The summed E-state index contributed by atoms with van der Waals surface area (Å²) in [5.41, 5.74) is -1.34. The Morgan fingerprint density at radius 2 is 1.46 bits per heavy atom. The van der Waals surface area contributed by atoms with Gasteiger partial charge < -0.3 is 24.3 Å². The lowest BCUT2D eigenvalue weighted by Gasteiger charge is -2.37. The summed E-state index contributed by atoms with van der Waals surface area (Å²) in [5, 5.41) is 7.75. The summed E-state index contributed by atoms with van der Waals surface area (Å²) in [6.07, 6.45) is 0.500. The van der Waals surface area contributed by atoms with Crippen LogP contribution in [0.5, 0.6) is 0 Å². The standard InChI is InChI=1S/C27H46N4O8/c1-11-18(12-2)37-20-15-17(22(33)36-13-3)14-19(21(20)28-16(4)32)29-23(30-24(34)38-26(5,6)7)31-25(35)39-27(8,9)10/h15,18-21H,11-14H2,1-10H3,(H,28,32)(H2,29,30,31,34,35)/t19-,20+,21+/m0/s1. The maximum absolute atomic E-state index is 12.7. The van der Waals surface area contributed by atoms with E-state index in [1.165, 1.54) is 6.92 Å². The van der Waals surface area contributed by atoms with Crippen molar-refractivity contribution < 1.29 is 38.1 Å². The van der Waals surface area contributed by atoms with Gasteiger partial charge in [-0.05, 0) is 67.4 Å². The van der Waals surface area contributed by atoms with Gasteiger partial charge in [0.25, 0.3) is 0 Å². The van der Waals surface area contributed by atoms with Crippen molar-refractivity contribution in [3.63, 3.8) is 0 Å². The van der Waals surface area contributed by atoms with Crippen LogP contribution in [-0.4, -0.2) is 72.1 Å². The molecule has 0 spiro atoms. The van der Waals surface area contributed by atoms with Crippen LogP contribution in [0.3, 0.4) is 0 Å². The fourth-order valence-corrected chi connectivity index (χ4v) is 3.74. The average molecular weight is 555 g/mol. The van der Waals surface area contributed by atoms with Crippen LogP contribution in [0.15, 0.2) is 16.6 Å². The molecule has 3 N–H and O–H groups in total. The third-order valence-electron chi connectivity index (χ3n) is 5.26. The Labute approximate surface area is 231 Å². The molecule has 1 aliphatic carbocycles. The normalized spacial score (nSPS) is 19.4. The van der Waals surface area contributed by atoms with E-state index in [9.17, 15) is 19.2 Å². The summed E-state index contributed by atoms with van der Waals surface area (Å²) in [5.74, 6) is -1.16. The maximum atomic E-state index is 12.7. The molecule has 0 fully saturated rings. The van der Waals surface area contributed by atoms with Crippen LogP contribution >= 0.6 is 0 Å². The molecule has 0 saturated heterocycles. The number of amides is 3. The van der Waals surface area contributed by atoms with Crippen LogP contribution in [0.4, 0.5) is 9.59 Å². The van der Waals surface area contributed by atoms with Gasteiger partial charge in [-0.2, -0.15) is 0 Å². The molecule has 222 valence electrons. The van der Waals surface area contributed by atoms with Crippen molar-refractivity contribution in [1.82, 2.24) is 16.0 Å². The third-order valence-corrected chi connectivity index (χ3v) is 5.26. The minimum Gasteiger partial charge on any atom is -0.463 e. The lowest BCUT2D eigenvalue weighted by molar-refractivity contribution is -0.139. The predicted molar refractivity (Wildman–Crippen MR) is 146 cm³/mol. The van der Waals surface area contributed by atoms with Gasteiger partial charge in [-0.25, -0.2) is 19.4 Å². The molecule has 1 aliphatic rings. The summed E-state index contributed by atoms with van der Waals surface area (Å²) >= 11 is 0. The summed E-state index contributed by atoms with van der Waals surface area (Å²) in [6, 6.07) is -1.56. The van der Waals surface area contributed by atoms with Crippen molar-refractivity contribution in [3.05, 3.63) is 11.6 Å². The number of rotatable bonds is 8. The number of guanidine groups is 1. The van der Waals surface area contributed by atoms with Gasteiger partial charge >= 0.3 is 18.2 Å². The molecule has 0 radical (unpaired) electrons. The van der Waals surface area contributed by atoms with E-state index in [0.717, 1.165) is 0 Å². The highest BCUT2D eigenvalue weighted by Gasteiger charge is 2.38. The first-order chi connectivity index (χ1) is 18.0. The Kier molecular flexibility index (Phi) is 12.9. The molecular formula is C27H46N4O8. The van der Waals surface area contributed by atoms with Crippen LogP contribution < -0.4 is 16.0 Å². The Morgan fingerprint density at radius 1 is 0.949 bits per heavy atom. The second kappa shape index (κ2) is 14.9. The molecule has 12 nitrogen and oxygen atoms in total. The van der Waals surface area contributed by atoms with E-state index in [0.29, 0.717) is 18.4 Å². The molecule has 0 unspecified atom stereocenters. The van der Waals surface area contributed by atoms with E-state index in [2.05, 4.69) is 20.9 Å². The molecule has 0 aromatic carbocycles. The van der Waals surface area contributed by atoms with E-state index in [1.54, 1.807) is 54.5 Å². The average Bonchev–Trinajstić information content (AvgIpc) is 2.76. The van der Waals surface area contributed by atoms with Crippen molar-refractivity contribution in [2.45, 2.75) is 124 Å². The summed E-state index contributed by atoms with van der Waals surface area (Å²) in [6.45, 7) is 17.3. The number of nitrogens with one attached hydrogen (secondary N) is 3. The number of carbonyl (C=O) groups is 4. The number of aliphatic imine (C=N–C) groups is 1. The maximum Gasteiger partial charge on any atom is 0.414 e. The van der Waals surface area contributed by atoms with Gasteiger partial charge in [-0.15, -0.1) is 0 Å². The zero-order chi connectivity index (χ0) is 30.0. The SMILES string of the molecule is CCOC(=O)C1=C[C@@H](OC(CC)CC)[C@H](NC(C)=O)[C@@H](N=C(NC(=O)OC(C)(C)C)NC(=O)OC(C)(C)C)C1. The van der Waals surface area contributed by atoms with Gasteiger partial charge in [0.1, 0.15) is 11.2 Å². The first kappa shape index (κ1) is 33.9. The molecule has 0 heterocycles. The lowest BCUT2D eigenvalue weighted by atomic mass is 9.88. The van der Waals surface area contributed by atoms with Crippen molar-refractivity contribution in [1.29, 1.82) is 0 Å². The van der Waals surface area contributed by atoms with Crippen LogP contribution in [-0.2, 0) is 28.5 Å². The second-order valence-corrected chi connectivity index (χ2v) is 11.2. The topological polar surface area (TPSA) is 154 Å². The molecule has 0 aliphatic heterocycles. The van der Waals surface area contributed by atoms with E-state index in [-0.39, 0.29) is 31.0 Å². The Morgan fingerprint density at radius 3 is 1.87 bits per heavy atom. The number of alkyl carbamates (subject to hydrolysis) is 2.